The molecule has 0 fully saturated rings. The summed E-state index contributed by atoms with van der Waals surface area (Å²) in [7, 11) is 0. The molecule has 1 heterocycles. The van der Waals surface area contributed by atoms with Crippen LogP contribution in [0.15, 0.2) is 34.9 Å². The summed E-state index contributed by atoms with van der Waals surface area (Å²) in [5, 5.41) is 3.43. The van der Waals surface area contributed by atoms with Crippen LogP contribution >= 0.6 is 15.9 Å². The van der Waals surface area contributed by atoms with Gasteiger partial charge in [-0.2, -0.15) is 0 Å². The number of rotatable bonds is 4. The molecule has 19 heavy (non-hydrogen) atoms. The summed E-state index contributed by atoms with van der Waals surface area (Å²) in [6.07, 6.45) is 0.826. The van der Waals surface area contributed by atoms with E-state index in [-0.39, 0.29) is 6.04 Å². The summed E-state index contributed by atoms with van der Waals surface area (Å²) in [5.74, 6) is 1.70. The van der Waals surface area contributed by atoms with Gasteiger partial charge in [-0.1, -0.05) is 31.2 Å². The standard InChI is InChI=1S/C15H18BrN3/c1-4-14-18-13(16)9-15(19-14)17-11(3)12-8-6-5-7-10(12)2/h5-9,11H,4H2,1-3H3,(H,17,18,19). The van der Waals surface area contributed by atoms with E-state index < -0.39 is 0 Å². The van der Waals surface area contributed by atoms with Crippen molar-refractivity contribution in [1.82, 2.24) is 9.97 Å². The number of nitrogens with zero attached hydrogens (tertiary/aromatic N) is 2. The summed E-state index contributed by atoms with van der Waals surface area (Å²) in [5.41, 5.74) is 2.57. The predicted octanol–water partition coefficient (Wildman–Crippen LogP) is 4.28. The first-order valence-electron chi connectivity index (χ1n) is 6.45. The molecule has 100 valence electrons. The number of halogens is 1. The van der Waals surface area contributed by atoms with E-state index in [0.717, 1.165) is 22.7 Å². The monoisotopic (exact) mass is 319 g/mol. The van der Waals surface area contributed by atoms with E-state index in [1.54, 1.807) is 0 Å². The molecule has 2 aromatic rings. The van der Waals surface area contributed by atoms with Crippen LogP contribution in [0.25, 0.3) is 0 Å². The van der Waals surface area contributed by atoms with Crippen LogP contribution in [0, 0.1) is 6.92 Å². The van der Waals surface area contributed by atoms with Crippen molar-refractivity contribution in [1.29, 1.82) is 0 Å². The number of anilines is 1. The molecular formula is C15H18BrN3. The molecule has 0 radical (unpaired) electrons. The van der Waals surface area contributed by atoms with Crippen molar-refractivity contribution in [3.63, 3.8) is 0 Å². The first-order chi connectivity index (χ1) is 9.10. The molecule has 0 amide bonds. The molecule has 0 saturated carbocycles. The van der Waals surface area contributed by atoms with Crippen molar-refractivity contribution in [2.24, 2.45) is 0 Å². The molecule has 3 nitrogen and oxygen atoms in total. The Morgan fingerprint density at radius 3 is 2.68 bits per heavy atom. The van der Waals surface area contributed by atoms with Gasteiger partial charge in [0.15, 0.2) is 0 Å². The van der Waals surface area contributed by atoms with Crippen LogP contribution < -0.4 is 5.32 Å². The lowest BCUT2D eigenvalue weighted by Gasteiger charge is -2.17. The van der Waals surface area contributed by atoms with Crippen LogP contribution in [0.2, 0.25) is 0 Å². The van der Waals surface area contributed by atoms with Crippen molar-refractivity contribution in [2.45, 2.75) is 33.2 Å². The summed E-state index contributed by atoms with van der Waals surface area (Å²) in [6, 6.07) is 10.5. The van der Waals surface area contributed by atoms with Crippen LogP contribution in [-0.2, 0) is 6.42 Å². The van der Waals surface area contributed by atoms with Gasteiger partial charge >= 0.3 is 0 Å². The highest BCUT2D eigenvalue weighted by Crippen LogP contribution is 2.22. The number of hydrogen-bond acceptors (Lipinski definition) is 3. The number of benzene rings is 1. The Bertz CT molecular complexity index is 569. The number of aryl methyl sites for hydroxylation is 2. The minimum absolute atomic E-state index is 0.215. The van der Waals surface area contributed by atoms with E-state index in [1.165, 1.54) is 11.1 Å². The third-order valence-corrected chi connectivity index (χ3v) is 3.48. The summed E-state index contributed by atoms with van der Waals surface area (Å²) < 4.78 is 0.818. The zero-order chi connectivity index (χ0) is 13.8. The van der Waals surface area contributed by atoms with Gasteiger partial charge in [0.1, 0.15) is 16.2 Å². The second-order valence-corrected chi connectivity index (χ2v) is 5.38. The first kappa shape index (κ1) is 14.0. The molecule has 1 N–H and O–H groups in total. The molecule has 0 aliphatic carbocycles. The minimum atomic E-state index is 0.215. The number of aromatic nitrogens is 2. The predicted molar refractivity (Wildman–Crippen MR) is 82.3 cm³/mol. The second kappa shape index (κ2) is 6.15. The Morgan fingerprint density at radius 1 is 1.26 bits per heavy atom. The van der Waals surface area contributed by atoms with Gasteiger partial charge in [0.2, 0.25) is 0 Å². The third kappa shape index (κ3) is 3.53. The van der Waals surface area contributed by atoms with Gasteiger partial charge in [-0.25, -0.2) is 9.97 Å². The lowest BCUT2D eigenvalue weighted by atomic mass is 10.0. The fourth-order valence-electron chi connectivity index (χ4n) is 2.07. The van der Waals surface area contributed by atoms with Gasteiger partial charge in [-0.05, 0) is 40.9 Å². The SMILES string of the molecule is CCc1nc(Br)cc(NC(C)c2ccccc2C)n1. The van der Waals surface area contributed by atoms with Crippen LogP contribution in [0.4, 0.5) is 5.82 Å². The van der Waals surface area contributed by atoms with Gasteiger partial charge in [-0.15, -0.1) is 0 Å². The smallest absolute Gasteiger partial charge is 0.131 e. The van der Waals surface area contributed by atoms with Gasteiger partial charge in [0.25, 0.3) is 0 Å². The van der Waals surface area contributed by atoms with Crippen LogP contribution in [-0.4, -0.2) is 9.97 Å². The van der Waals surface area contributed by atoms with Crippen molar-refractivity contribution in [2.75, 3.05) is 5.32 Å². The molecule has 0 aliphatic heterocycles. The molecule has 1 aromatic heterocycles. The van der Waals surface area contributed by atoms with Crippen molar-refractivity contribution >= 4 is 21.7 Å². The Morgan fingerprint density at radius 2 is 2.00 bits per heavy atom. The van der Waals surface area contributed by atoms with E-state index in [9.17, 15) is 0 Å². The Labute approximate surface area is 122 Å². The van der Waals surface area contributed by atoms with Gasteiger partial charge in [-0.3, -0.25) is 0 Å². The Balaban J connectivity index is 2.21. The second-order valence-electron chi connectivity index (χ2n) is 4.57. The largest absolute Gasteiger partial charge is 0.363 e. The highest BCUT2D eigenvalue weighted by Gasteiger charge is 2.09. The fraction of sp³-hybridized carbons (Fsp3) is 0.333. The topological polar surface area (TPSA) is 37.8 Å². The highest BCUT2D eigenvalue weighted by molar-refractivity contribution is 9.10. The van der Waals surface area contributed by atoms with E-state index in [1.807, 2.05) is 6.07 Å². The van der Waals surface area contributed by atoms with E-state index in [2.05, 4.69) is 76.3 Å². The number of hydrogen-bond donors (Lipinski definition) is 1. The average molecular weight is 320 g/mol. The van der Waals surface area contributed by atoms with Crippen LogP contribution in [0.1, 0.15) is 36.8 Å². The average Bonchev–Trinajstić information content (AvgIpc) is 2.38. The van der Waals surface area contributed by atoms with Crippen molar-refractivity contribution < 1.29 is 0 Å². The van der Waals surface area contributed by atoms with E-state index >= 15 is 0 Å². The molecule has 2 rings (SSSR count). The molecule has 1 unspecified atom stereocenters. The maximum atomic E-state index is 4.49. The third-order valence-electron chi connectivity index (χ3n) is 3.08. The maximum absolute atomic E-state index is 4.49. The Kier molecular flexibility index (Phi) is 4.53. The molecule has 0 aliphatic rings. The normalized spacial score (nSPS) is 12.2. The Hall–Kier alpha value is -1.42. The molecule has 1 aromatic carbocycles. The van der Waals surface area contributed by atoms with Crippen molar-refractivity contribution in [3.05, 3.63) is 51.9 Å². The summed E-state index contributed by atoms with van der Waals surface area (Å²) in [4.78, 5) is 8.81. The van der Waals surface area contributed by atoms with Gasteiger partial charge in [0.05, 0.1) is 6.04 Å². The first-order valence-corrected chi connectivity index (χ1v) is 7.25. The molecule has 4 heteroatoms. The van der Waals surface area contributed by atoms with E-state index in [4.69, 9.17) is 0 Å². The zero-order valence-electron chi connectivity index (χ0n) is 11.4. The maximum Gasteiger partial charge on any atom is 0.131 e. The highest BCUT2D eigenvalue weighted by atomic mass is 79.9. The molecule has 1 atom stereocenters. The minimum Gasteiger partial charge on any atom is -0.363 e. The lowest BCUT2D eigenvalue weighted by molar-refractivity contribution is 0.847. The van der Waals surface area contributed by atoms with Crippen LogP contribution in [0.3, 0.4) is 0 Å². The summed E-state index contributed by atoms with van der Waals surface area (Å²) in [6.45, 7) is 6.32. The lowest BCUT2D eigenvalue weighted by Crippen LogP contribution is -2.10. The van der Waals surface area contributed by atoms with Crippen molar-refractivity contribution in [3.8, 4) is 0 Å². The fourth-order valence-corrected chi connectivity index (χ4v) is 2.49. The molecular weight excluding hydrogens is 302 g/mol. The number of nitrogens with one attached hydrogen (secondary N) is 1. The molecule has 0 spiro atoms. The van der Waals surface area contributed by atoms with Gasteiger partial charge in [0, 0.05) is 12.5 Å². The zero-order valence-corrected chi connectivity index (χ0v) is 13.0. The molecule has 0 bridgehead atoms. The quantitative estimate of drug-likeness (QED) is 0.854. The van der Waals surface area contributed by atoms with Gasteiger partial charge < -0.3 is 5.32 Å². The van der Waals surface area contributed by atoms with E-state index in [0.29, 0.717) is 0 Å². The molecule has 0 saturated heterocycles. The van der Waals surface area contributed by atoms with Crippen LogP contribution in [0.5, 0.6) is 0 Å². The summed E-state index contributed by atoms with van der Waals surface area (Å²) >= 11 is 3.42.